The third kappa shape index (κ3) is 2.53. The molecule has 4 heteroatoms. The van der Waals surface area contributed by atoms with Gasteiger partial charge in [-0.25, -0.2) is 4.98 Å². The van der Waals surface area contributed by atoms with Gasteiger partial charge >= 0.3 is 0 Å². The van der Waals surface area contributed by atoms with Gasteiger partial charge in [-0.3, -0.25) is 0 Å². The van der Waals surface area contributed by atoms with E-state index in [-0.39, 0.29) is 0 Å². The molecule has 1 rings (SSSR count). The third-order valence-corrected chi connectivity index (χ3v) is 1.96. The van der Waals surface area contributed by atoms with Crippen LogP contribution in [-0.2, 0) is 6.42 Å². The zero-order valence-electron chi connectivity index (χ0n) is 6.56. The van der Waals surface area contributed by atoms with Crippen molar-refractivity contribution in [1.29, 1.82) is 0 Å². The molecular weight excluding hydrogens is 223 g/mol. The second-order valence-electron chi connectivity index (χ2n) is 2.50. The summed E-state index contributed by atoms with van der Waals surface area (Å²) >= 11 is 3.23. The Hall–Kier alpha value is -0.480. The fraction of sp³-hybridized carbons (Fsp3) is 0.375. The number of aryl methyl sites for hydroxylation is 1. The molecule has 2 N–H and O–H groups in total. The number of hydrogen-bond donors (Lipinski definition) is 1. The number of hydrogen-bond acceptors (Lipinski definition) is 2. The summed E-state index contributed by atoms with van der Waals surface area (Å²) in [4.78, 5) is 3.58. The lowest BCUT2D eigenvalue weighted by atomic mass is 10.1. The van der Waals surface area contributed by atoms with Crippen LogP contribution in [0.25, 0.3) is 0 Å². The molecule has 0 radical (unpaired) electrons. The average molecular weight is 233 g/mol. The molecule has 1 aromatic rings. The van der Waals surface area contributed by atoms with E-state index in [9.17, 15) is 4.39 Å². The first-order valence-electron chi connectivity index (χ1n) is 3.74. The monoisotopic (exact) mass is 232 g/mol. The van der Waals surface area contributed by atoms with Crippen molar-refractivity contribution in [2.24, 2.45) is 5.73 Å². The predicted octanol–water partition coefficient (Wildman–Crippen LogP) is 1.87. The SMILES string of the molecule is NCCCc1cc(Br)cnc1F. The highest BCUT2D eigenvalue weighted by Gasteiger charge is 2.02. The Kier molecular flexibility index (Phi) is 3.62. The highest BCUT2D eigenvalue weighted by atomic mass is 79.9. The van der Waals surface area contributed by atoms with Crippen LogP contribution < -0.4 is 5.73 Å². The van der Waals surface area contributed by atoms with Gasteiger partial charge in [0.2, 0.25) is 5.95 Å². The molecule has 0 aliphatic rings. The third-order valence-electron chi connectivity index (χ3n) is 1.53. The molecular formula is C8H10BrFN2. The fourth-order valence-corrected chi connectivity index (χ4v) is 1.31. The molecule has 66 valence electrons. The van der Waals surface area contributed by atoms with Crippen LogP contribution in [0.15, 0.2) is 16.7 Å². The lowest BCUT2D eigenvalue weighted by Gasteiger charge is -2.00. The number of aromatic nitrogens is 1. The van der Waals surface area contributed by atoms with E-state index in [0.717, 1.165) is 10.9 Å². The van der Waals surface area contributed by atoms with E-state index in [1.54, 1.807) is 6.07 Å². The van der Waals surface area contributed by atoms with E-state index < -0.39 is 5.95 Å². The molecule has 0 aliphatic carbocycles. The molecule has 0 unspecified atom stereocenters. The first-order valence-corrected chi connectivity index (χ1v) is 4.53. The van der Waals surface area contributed by atoms with Crippen molar-refractivity contribution in [3.63, 3.8) is 0 Å². The van der Waals surface area contributed by atoms with Crippen LogP contribution in [0, 0.1) is 5.95 Å². The van der Waals surface area contributed by atoms with Gasteiger partial charge in [0.15, 0.2) is 0 Å². The minimum absolute atomic E-state index is 0.397. The molecule has 12 heavy (non-hydrogen) atoms. The minimum Gasteiger partial charge on any atom is -0.330 e. The Morgan fingerprint density at radius 3 is 3.00 bits per heavy atom. The first-order chi connectivity index (χ1) is 5.74. The normalized spacial score (nSPS) is 10.2. The van der Waals surface area contributed by atoms with Gasteiger partial charge in [-0.15, -0.1) is 0 Å². The lowest BCUT2D eigenvalue weighted by Crippen LogP contribution is -2.02. The van der Waals surface area contributed by atoms with E-state index in [1.807, 2.05) is 0 Å². The largest absolute Gasteiger partial charge is 0.330 e. The zero-order valence-corrected chi connectivity index (χ0v) is 8.14. The van der Waals surface area contributed by atoms with Gasteiger partial charge in [0.05, 0.1) is 0 Å². The van der Waals surface area contributed by atoms with Crippen LogP contribution in [0.4, 0.5) is 4.39 Å². The summed E-state index contributed by atoms with van der Waals surface area (Å²) in [6.45, 7) is 0.575. The molecule has 2 nitrogen and oxygen atoms in total. The topological polar surface area (TPSA) is 38.9 Å². The lowest BCUT2D eigenvalue weighted by molar-refractivity contribution is 0.562. The van der Waals surface area contributed by atoms with Gasteiger partial charge < -0.3 is 5.73 Å². The number of halogens is 2. The van der Waals surface area contributed by atoms with Crippen LogP contribution in [0.1, 0.15) is 12.0 Å². The highest BCUT2D eigenvalue weighted by molar-refractivity contribution is 9.10. The molecule has 0 bridgehead atoms. The Morgan fingerprint density at radius 1 is 1.58 bits per heavy atom. The Bertz CT molecular complexity index is 265. The quantitative estimate of drug-likeness (QED) is 0.809. The average Bonchev–Trinajstić information content (AvgIpc) is 2.07. The van der Waals surface area contributed by atoms with Crippen LogP contribution in [0.2, 0.25) is 0 Å². The van der Waals surface area contributed by atoms with E-state index >= 15 is 0 Å². The van der Waals surface area contributed by atoms with Gasteiger partial charge in [-0.2, -0.15) is 4.39 Å². The Labute approximate surface area is 79.1 Å². The van der Waals surface area contributed by atoms with Crippen LogP contribution in [0.3, 0.4) is 0 Å². The van der Waals surface area contributed by atoms with Crippen LogP contribution in [0.5, 0.6) is 0 Å². The molecule has 0 amide bonds. The van der Waals surface area contributed by atoms with E-state index in [4.69, 9.17) is 5.73 Å². The predicted molar refractivity (Wildman–Crippen MR) is 49.3 cm³/mol. The van der Waals surface area contributed by atoms with Crippen molar-refractivity contribution in [2.45, 2.75) is 12.8 Å². The summed E-state index contributed by atoms with van der Waals surface area (Å²) in [5, 5.41) is 0. The molecule has 1 aromatic heterocycles. The summed E-state index contributed by atoms with van der Waals surface area (Å²) in [6.07, 6.45) is 2.88. The van der Waals surface area contributed by atoms with Crippen molar-refractivity contribution < 1.29 is 4.39 Å². The number of pyridine rings is 1. The minimum atomic E-state index is -0.397. The van der Waals surface area contributed by atoms with Crippen molar-refractivity contribution >= 4 is 15.9 Å². The summed E-state index contributed by atoms with van der Waals surface area (Å²) in [5.74, 6) is -0.397. The van der Waals surface area contributed by atoms with Gasteiger partial charge in [-0.1, -0.05) is 0 Å². The smallest absolute Gasteiger partial charge is 0.216 e. The first kappa shape index (κ1) is 9.61. The second kappa shape index (κ2) is 4.52. The molecule has 0 atom stereocenters. The van der Waals surface area contributed by atoms with Crippen molar-refractivity contribution in [1.82, 2.24) is 4.98 Å². The van der Waals surface area contributed by atoms with E-state index in [2.05, 4.69) is 20.9 Å². The maximum atomic E-state index is 12.9. The zero-order chi connectivity index (χ0) is 8.97. The highest BCUT2D eigenvalue weighted by Crippen LogP contribution is 2.13. The Morgan fingerprint density at radius 2 is 2.33 bits per heavy atom. The van der Waals surface area contributed by atoms with Gasteiger partial charge in [0, 0.05) is 16.2 Å². The fourth-order valence-electron chi connectivity index (χ4n) is 0.932. The molecule has 0 fully saturated rings. The van der Waals surface area contributed by atoms with Crippen LogP contribution in [-0.4, -0.2) is 11.5 Å². The van der Waals surface area contributed by atoms with Crippen molar-refractivity contribution in [2.75, 3.05) is 6.54 Å². The van der Waals surface area contributed by atoms with Crippen molar-refractivity contribution in [3.05, 3.63) is 28.2 Å². The van der Waals surface area contributed by atoms with Crippen molar-refractivity contribution in [3.8, 4) is 0 Å². The van der Waals surface area contributed by atoms with Gasteiger partial charge in [0.25, 0.3) is 0 Å². The Balaban J connectivity index is 2.75. The van der Waals surface area contributed by atoms with Gasteiger partial charge in [0.1, 0.15) is 0 Å². The number of rotatable bonds is 3. The number of nitrogens with two attached hydrogens (primary N) is 1. The molecule has 0 aliphatic heterocycles. The molecule has 0 spiro atoms. The molecule has 0 saturated heterocycles. The van der Waals surface area contributed by atoms with Gasteiger partial charge in [-0.05, 0) is 41.4 Å². The summed E-state index contributed by atoms with van der Waals surface area (Å²) in [6, 6.07) is 1.73. The standard InChI is InChI=1S/C8H10BrFN2/c9-7-4-6(2-1-3-11)8(10)12-5-7/h4-5H,1-3,11H2. The molecule has 1 heterocycles. The molecule has 0 aromatic carbocycles. The summed E-state index contributed by atoms with van der Waals surface area (Å²) < 4.78 is 13.7. The second-order valence-corrected chi connectivity index (χ2v) is 3.41. The van der Waals surface area contributed by atoms with Crippen LogP contribution >= 0.6 is 15.9 Å². The van der Waals surface area contributed by atoms with E-state index in [0.29, 0.717) is 18.5 Å². The maximum absolute atomic E-state index is 12.9. The maximum Gasteiger partial charge on any atom is 0.216 e. The van der Waals surface area contributed by atoms with E-state index in [1.165, 1.54) is 6.20 Å². The summed E-state index contributed by atoms with van der Waals surface area (Å²) in [7, 11) is 0. The number of nitrogens with zero attached hydrogens (tertiary/aromatic N) is 1. The summed E-state index contributed by atoms with van der Waals surface area (Å²) in [5.41, 5.74) is 5.93. The molecule has 0 saturated carbocycles.